The summed E-state index contributed by atoms with van der Waals surface area (Å²) >= 11 is 0. The smallest absolute Gasteiger partial charge is 0.426 e. The Kier molecular flexibility index (Phi) is 4.18. The maximum absolute atomic E-state index is 11.6. The van der Waals surface area contributed by atoms with Crippen LogP contribution in [-0.2, 0) is 22.3 Å². The average Bonchev–Trinajstić information content (AvgIpc) is 2.77. The minimum Gasteiger partial charge on any atom is -0.443 e. The molecule has 0 saturated heterocycles. The van der Waals surface area contributed by atoms with Gasteiger partial charge in [-0.15, -0.1) is 0 Å². The number of hydrogen-bond acceptors (Lipinski definition) is 4. The number of benzene rings is 1. The van der Waals surface area contributed by atoms with Gasteiger partial charge in [0.25, 0.3) is 0 Å². The lowest BCUT2D eigenvalue weighted by Gasteiger charge is -2.20. The molecule has 1 aliphatic rings. The predicted molar refractivity (Wildman–Crippen MR) is 77.6 cm³/mol. The lowest BCUT2D eigenvalue weighted by molar-refractivity contribution is 0.0541. The average molecular weight is 278 g/mol. The summed E-state index contributed by atoms with van der Waals surface area (Å²) in [6.45, 7) is 5.49. The molecule has 0 bridgehead atoms. The van der Waals surface area contributed by atoms with Crippen LogP contribution in [0.4, 0.5) is 10.5 Å². The number of amides is 1. The second kappa shape index (κ2) is 5.71. The monoisotopic (exact) mass is 278 g/mol. The zero-order chi connectivity index (χ0) is 14.8. The first-order valence-corrected chi connectivity index (χ1v) is 6.77. The van der Waals surface area contributed by atoms with Crippen LogP contribution in [0.2, 0.25) is 0 Å². The Labute approximate surface area is 119 Å². The Balaban J connectivity index is 1.99. The number of ether oxygens (including phenoxy) is 2. The molecule has 0 saturated carbocycles. The molecule has 0 spiro atoms. The van der Waals surface area contributed by atoms with E-state index in [1.54, 1.807) is 7.11 Å². The Morgan fingerprint density at radius 3 is 2.70 bits per heavy atom. The van der Waals surface area contributed by atoms with Gasteiger partial charge in [-0.1, -0.05) is 12.1 Å². The molecule has 110 valence electrons. The molecule has 20 heavy (non-hydrogen) atoms. The van der Waals surface area contributed by atoms with Gasteiger partial charge in [-0.05, 0) is 44.4 Å². The quantitative estimate of drug-likeness (QED) is 0.835. The highest BCUT2D eigenvalue weighted by molar-refractivity contribution is 5.70. The van der Waals surface area contributed by atoms with Gasteiger partial charge in [0.05, 0.1) is 11.8 Å². The van der Waals surface area contributed by atoms with Crippen LogP contribution in [0.1, 0.15) is 31.9 Å². The Hall–Kier alpha value is -1.75. The van der Waals surface area contributed by atoms with Crippen molar-refractivity contribution < 1.29 is 14.3 Å². The van der Waals surface area contributed by atoms with Gasteiger partial charge >= 0.3 is 6.09 Å². The Morgan fingerprint density at radius 2 is 2.05 bits per heavy atom. The molecule has 0 heterocycles. The number of carbonyl (C=O) groups excluding carboxylic acids is 1. The number of rotatable bonds is 3. The van der Waals surface area contributed by atoms with Crippen LogP contribution in [0.15, 0.2) is 18.2 Å². The Bertz CT molecular complexity index is 494. The van der Waals surface area contributed by atoms with Crippen molar-refractivity contribution >= 4 is 11.8 Å². The standard InChI is InChI=1S/C15H22N2O3/c1-15(2,3)20-14(18)17-16-13-7-5-6-10-8-11(19-4)9-12(10)13/h5-7,11,16H,8-9H2,1-4H3,(H,17,18). The van der Waals surface area contributed by atoms with E-state index in [0.717, 1.165) is 18.5 Å². The van der Waals surface area contributed by atoms with Crippen molar-refractivity contribution in [3.05, 3.63) is 29.3 Å². The van der Waals surface area contributed by atoms with Gasteiger partial charge in [-0.25, -0.2) is 10.2 Å². The molecule has 0 fully saturated rings. The number of carbonyl (C=O) groups is 1. The molecule has 1 atom stereocenters. The van der Waals surface area contributed by atoms with E-state index in [2.05, 4.69) is 16.9 Å². The van der Waals surface area contributed by atoms with Crippen molar-refractivity contribution in [2.75, 3.05) is 12.5 Å². The normalized spacial score (nSPS) is 17.5. The molecular weight excluding hydrogens is 256 g/mol. The topological polar surface area (TPSA) is 59.6 Å². The second-order valence-corrected chi connectivity index (χ2v) is 5.96. The molecule has 0 aliphatic heterocycles. The van der Waals surface area contributed by atoms with E-state index in [-0.39, 0.29) is 6.10 Å². The van der Waals surface area contributed by atoms with Gasteiger partial charge < -0.3 is 9.47 Å². The fraction of sp³-hybridized carbons (Fsp3) is 0.533. The number of hydrazine groups is 1. The van der Waals surface area contributed by atoms with Crippen molar-refractivity contribution in [2.24, 2.45) is 0 Å². The van der Waals surface area contributed by atoms with Gasteiger partial charge in [0, 0.05) is 13.5 Å². The summed E-state index contributed by atoms with van der Waals surface area (Å²) in [7, 11) is 1.72. The van der Waals surface area contributed by atoms with Crippen molar-refractivity contribution in [3.8, 4) is 0 Å². The van der Waals surface area contributed by atoms with Crippen LogP contribution in [0.3, 0.4) is 0 Å². The molecule has 1 amide bonds. The van der Waals surface area contributed by atoms with Gasteiger partial charge in [0.1, 0.15) is 5.60 Å². The van der Waals surface area contributed by atoms with Crippen LogP contribution in [-0.4, -0.2) is 24.9 Å². The minimum absolute atomic E-state index is 0.217. The highest BCUT2D eigenvalue weighted by Crippen LogP contribution is 2.29. The molecule has 2 rings (SSSR count). The molecule has 1 unspecified atom stereocenters. The largest absolute Gasteiger partial charge is 0.443 e. The maximum Gasteiger partial charge on any atom is 0.426 e. The molecule has 5 heteroatoms. The van der Waals surface area contributed by atoms with E-state index >= 15 is 0 Å². The van der Waals surface area contributed by atoms with Crippen LogP contribution in [0.25, 0.3) is 0 Å². The van der Waals surface area contributed by atoms with E-state index in [9.17, 15) is 4.79 Å². The number of fused-ring (bicyclic) bond motifs is 1. The van der Waals surface area contributed by atoms with Gasteiger partial charge in [-0.2, -0.15) is 0 Å². The zero-order valence-corrected chi connectivity index (χ0v) is 12.4. The van der Waals surface area contributed by atoms with Gasteiger partial charge in [0.2, 0.25) is 0 Å². The van der Waals surface area contributed by atoms with Crippen LogP contribution in [0.5, 0.6) is 0 Å². The third kappa shape index (κ3) is 3.63. The summed E-state index contributed by atoms with van der Waals surface area (Å²) in [5, 5.41) is 0. The van der Waals surface area contributed by atoms with E-state index < -0.39 is 11.7 Å². The summed E-state index contributed by atoms with van der Waals surface area (Å²) in [6.07, 6.45) is 1.49. The lowest BCUT2D eigenvalue weighted by atomic mass is 10.1. The minimum atomic E-state index is -0.508. The first-order chi connectivity index (χ1) is 9.39. The summed E-state index contributed by atoms with van der Waals surface area (Å²) in [5.74, 6) is 0. The number of methoxy groups -OCH3 is 1. The summed E-state index contributed by atoms with van der Waals surface area (Å²) in [6, 6.07) is 6.00. The van der Waals surface area contributed by atoms with Gasteiger partial charge in [-0.3, -0.25) is 5.43 Å². The third-order valence-electron chi connectivity index (χ3n) is 3.18. The summed E-state index contributed by atoms with van der Waals surface area (Å²) in [4.78, 5) is 11.6. The molecular formula is C15H22N2O3. The fourth-order valence-corrected chi connectivity index (χ4v) is 2.32. The highest BCUT2D eigenvalue weighted by atomic mass is 16.6. The SMILES string of the molecule is COC1Cc2cccc(NNC(=O)OC(C)(C)C)c2C1. The summed E-state index contributed by atoms with van der Waals surface area (Å²) < 4.78 is 10.6. The maximum atomic E-state index is 11.6. The van der Waals surface area contributed by atoms with Crippen molar-refractivity contribution in [1.82, 2.24) is 5.43 Å². The van der Waals surface area contributed by atoms with Crippen LogP contribution in [0, 0.1) is 0 Å². The zero-order valence-electron chi connectivity index (χ0n) is 12.4. The van der Waals surface area contributed by atoms with E-state index in [4.69, 9.17) is 9.47 Å². The van der Waals surface area contributed by atoms with Crippen LogP contribution >= 0.6 is 0 Å². The molecule has 1 aliphatic carbocycles. The number of hydrogen-bond donors (Lipinski definition) is 2. The molecule has 5 nitrogen and oxygen atoms in total. The molecule has 0 radical (unpaired) electrons. The molecule has 1 aromatic rings. The van der Waals surface area contributed by atoms with Gasteiger partial charge in [0.15, 0.2) is 0 Å². The first-order valence-electron chi connectivity index (χ1n) is 6.77. The number of anilines is 1. The van der Waals surface area contributed by atoms with E-state index in [1.807, 2.05) is 32.9 Å². The van der Waals surface area contributed by atoms with E-state index in [1.165, 1.54) is 11.1 Å². The number of nitrogens with one attached hydrogen (secondary N) is 2. The van der Waals surface area contributed by atoms with Crippen molar-refractivity contribution in [3.63, 3.8) is 0 Å². The van der Waals surface area contributed by atoms with Crippen molar-refractivity contribution in [2.45, 2.75) is 45.3 Å². The Morgan fingerprint density at radius 1 is 1.30 bits per heavy atom. The molecule has 1 aromatic carbocycles. The first kappa shape index (κ1) is 14.7. The fourth-order valence-electron chi connectivity index (χ4n) is 2.32. The highest BCUT2D eigenvalue weighted by Gasteiger charge is 2.23. The third-order valence-corrected chi connectivity index (χ3v) is 3.18. The second-order valence-electron chi connectivity index (χ2n) is 5.96. The van der Waals surface area contributed by atoms with E-state index in [0.29, 0.717) is 0 Å². The molecule has 2 N–H and O–H groups in total. The predicted octanol–water partition coefficient (Wildman–Crippen LogP) is 2.65. The summed E-state index contributed by atoms with van der Waals surface area (Å²) in [5.41, 5.74) is 8.33. The van der Waals surface area contributed by atoms with Crippen molar-refractivity contribution in [1.29, 1.82) is 0 Å². The lowest BCUT2D eigenvalue weighted by Crippen LogP contribution is -2.36. The van der Waals surface area contributed by atoms with Crippen LogP contribution < -0.4 is 10.9 Å². The molecule has 0 aromatic heterocycles.